The van der Waals surface area contributed by atoms with Gasteiger partial charge in [-0.1, -0.05) is 31.9 Å². The molecule has 4 aliphatic rings. The van der Waals surface area contributed by atoms with Crippen LogP contribution in [0.4, 0.5) is 4.39 Å². The van der Waals surface area contributed by atoms with E-state index in [1.165, 1.54) is 18.9 Å². The van der Waals surface area contributed by atoms with Gasteiger partial charge < -0.3 is 5.11 Å². The first-order valence-electron chi connectivity index (χ1n) is 11.2. The summed E-state index contributed by atoms with van der Waals surface area (Å²) in [5.41, 5.74) is -1.76. The molecule has 3 fully saturated rings. The Kier molecular flexibility index (Phi) is 5.61. The van der Waals surface area contributed by atoms with Crippen LogP contribution in [0.1, 0.15) is 65.7 Å². The van der Waals surface area contributed by atoms with Crippen molar-refractivity contribution < 1.29 is 14.3 Å². The van der Waals surface area contributed by atoms with E-state index in [4.69, 9.17) is 0 Å². The minimum Gasteiger partial charge on any atom is -0.390 e. The normalized spacial score (nSPS) is 48.7. The largest absolute Gasteiger partial charge is 0.390 e. The van der Waals surface area contributed by atoms with Crippen molar-refractivity contribution in [3.05, 3.63) is 23.8 Å². The fourth-order valence-electron chi connectivity index (χ4n) is 7.17. The fourth-order valence-corrected chi connectivity index (χ4v) is 10.5. The van der Waals surface area contributed by atoms with E-state index in [9.17, 15) is 9.90 Å². The molecule has 0 aromatic rings. The van der Waals surface area contributed by atoms with E-state index in [-0.39, 0.29) is 27.1 Å². The van der Waals surface area contributed by atoms with Crippen molar-refractivity contribution in [3.8, 4) is 0 Å². The summed E-state index contributed by atoms with van der Waals surface area (Å²) in [4.78, 5) is 11.9. The number of hydrogen-bond acceptors (Lipinski definition) is 4. The van der Waals surface area contributed by atoms with Crippen LogP contribution in [0.5, 0.6) is 0 Å². The average Bonchev–Trinajstić information content (AvgIpc) is 2.96. The van der Waals surface area contributed by atoms with Crippen molar-refractivity contribution >= 4 is 29.3 Å². The predicted octanol–water partition coefficient (Wildman–Crippen LogP) is 5.95. The lowest BCUT2D eigenvalue weighted by Gasteiger charge is -2.63. The van der Waals surface area contributed by atoms with Crippen molar-refractivity contribution in [2.24, 2.45) is 22.7 Å². The second-order valence-electron chi connectivity index (χ2n) is 9.96. The van der Waals surface area contributed by atoms with Gasteiger partial charge in [-0.2, -0.15) is 0 Å². The van der Waals surface area contributed by atoms with Crippen LogP contribution in [0, 0.1) is 22.7 Å². The van der Waals surface area contributed by atoms with Crippen molar-refractivity contribution in [2.75, 3.05) is 12.0 Å². The van der Waals surface area contributed by atoms with Crippen LogP contribution in [0.2, 0.25) is 0 Å². The lowest BCUT2D eigenvalue weighted by atomic mass is 9.46. The first-order valence-corrected chi connectivity index (χ1v) is 13.4. The summed E-state index contributed by atoms with van der Waals surface area (Å²) < 4.78 is 17.1. The van der Waals surface area contributed by atoms with Gasteiger partial charge in [0.05, 0.1) is 10.2 Å². The van der Waals surface area contributed by atoms with Gasteiger partial charge in [0.15, 0.2) is 11.5 Å². The summed E-state index contributed by atoms with van der Waals surface area (Å²) in [5, 5.41) is 11.4. The fraction of sp³-hybridized carbons (Fsp3) is 0.792. The van der Waals surface area contributed by atoms with Crippen LogP contribution in [-0.4, -0.2) is 38.8 Å². The molecule has 4 aliphatic carbocycles. The van der Waals surface area contributed by atoms with Gasteiger partial charge in [-0.3, -0.25) is 4.79 Å². The third-order valence-electron chi connectivity index (χ3n) is 8.85. The maximum atomic E-state index is 17.1. The maximum absolute atomic E-state index is 17.1. The van der Waals surface area contributed by atoms with Crippen molar-refractivity contribution in [2.45, 2.75) is 81.6 Å². The van der Waals surface area contributed by atoms with Crippen LogP contribution in [0.3, 0.4) is 0 Å². The number of rotatable bonds is 5. The molecule has 2 nitrogen and oxygen atoms in total. The number of unbranched alkanes of at least 4 members (excludes halogenated alkanes) is 1. The monoisotopic (exact) mass is 438 g/mol. The highest BCUT2D eigenvalue weighted by molar-refractivity contribution is 8.18. The molecule has 0 heterocycles. The first kappa shape index (κ1) is 22.0. The number of carbonyl (C=O) groups excluding carboxylic acids is 1. The SMILES string of the molecule is CCCCS[C@]1(SC)CC[C@H]2[C@@H]3CCC4=CC(=O)C=C[C@]4(C)[C@@]3(F)[C@@H](O)C[C@@]21C. The molecule has 3 saturated carbocycles. The molecule has 0 bridgehead atoms. The second kappa shape index (κ2) is 7.41. The maximum Gasteiger partial charge on any atom is 0.178 e. The van der Waals surface area contributed by atoms with Gasteiger partial charge in [0.1, 0.15) is 0 Å². The molecule has 4 rings (SSSR count). The van der Waals surface area contributed by atoms with E-state index < -0.39 is 17.2 Å². The molecule has 0 aromatic heterocycles. The van der Waals surface area contributed by atoms with Gasteiger partial charge in [0.25, 0.3) is 0 Å². The molecular formula is C24H35FO2S2. The van der Waals surface area contributed by atoms with Crippen LogP contribution in [0.15, 0.2) is 23.8 Å². The van der Waals surface area contributed by atoms with Crippen molar-refractivity contribution in [3.63, 3.8) is 0 Å². The highest BCUT2D eigenvalue weighted by Crippen LogP contribution is 2.73. The van der Waals surface area contributed by atoms with Gasteiger partial charge in [0, 0.05) is 11.3 Å². The molecular weight excluding hydrogens is 403 g/mol. The molecule has 0 radical (unpaired) electrons. The molecule has 0 spiro atoms. The van der Waals surface area contributed by atoms with Gasteiger partial charge >= 0.3 is 0 Å². The third kappa shape index (κ3) is 2.82. The smallest absolute Gasteiger partial charge is 0.178 e. The molecule has 0 saturated heterocycles. The molecule has 0 amide bonds. The topological polar surface area (TPSA) is 37.3 Å². The average molecular weight is 439 g/mol. The first-order chi connectivity index (χ1) is 13.7. The van der Waals surface area contributed by atoms with Crippen LogP contribution in [-0.2, 0) is 4.79 Å². The molecule has 1 N–H and O–H groups in total. The number of allylic oxidation sites excluding steroid dienone is 4. The minimum absolute atomic E-state index is 0.0516. The highest BCUT2D eigenvalue weighted by atomic mass is 32.2. The summed E-state index contributed by atoms with van der Waals surface area (Å²) in [5.74, 6) is 1.21. The highest BCUT2D eigenvalue weighted by Gasteiger charge is 2.72. The van der Waals surface area contributed by atoms with Gasteiger partial charge in [0.2, 0.25) is 0 Å². The van der Waals surface area contributed by atoms with E-state index in [2.05, 4.69) is 31.9 Å². The number of hydrogen-bond donors (Lipinski definition) is 1. The quantitative estimate of drug-likeness (QED) is 0.425. The lowest BCUT2D eigenvalue weighted by molar-refractivity contribution is -0.189. The number of ketones is 1. The summed E-state index contributed by atoms with van der Waals surface area (Å²) in [6, 6.07) is 0. The molecule has 0 unspecified atom stereocenters. The van der Waals surface area contributed by atoms with Crippen molar-refractivity contribution in [1.82, 2.24) is 0 Å². The molecule has 29 heavy (non-hydrogen) atoms. The predicted molar refractivity (Wildman–Crippen MR) is 122 cm³/mol. The number of carbonyl (C=O) groups is 1. The van der Waals surface area contributed by atoms with Gasteiger partial charge in [-0.05, 0) is 80.9 Å². The Labute approximate surface area is 183 Å². The Morgan fingerprint density at radius 1 is 1.28 bits per heavy atom. The van der Waals surface area contributed by atoms with Gasteiger partial charge in [-0.25, -0.2) is 4.39 Å². The number of aliphatic hydroxyl groups is 1. The number of fused-ring (bicyclic) bond motifs is 5. The minimum atomic E-state index is -1.69. The third-order valence-corrected chi connectivity index (χ3v) is 12.7. The van der Waals surface area contributed by atoms with E-state index in [1.54, 1.807) is 12.2 Å². The summed E-state index contributed by atoms with van der Waals surface area (Å²) in [6.45, 7) is 6.47. The van der Waals surface area contributed by atoms with E-state index in [0.29, 0.717) is 6.42 Å². The summed E-state index contributed by atoms with van der Waals surface area (Å²) >= 11 is 4.00. The zero-order chi connectivity index (χ0) is 21.1. The van der Waals surface area contributed by atoms with E-state index >= 15 is 4.39 Å². The lowest BCUT2D eigenvalue weighted by Crippen LogP contribution is -2.67. The molecule has 0 aromatic carbocycles. The molecule has 0 aliphatic heterocycles. The van der Waals surface area contributed by atoms with E-state index in [1.807, 2.05) is 18.7 Å². The molecule has 7 atom stereocenters. The molecule has 5 heteroatoms. The zero-order valence-corrected chi connectivity index (χ0v) is 19.8. The number of alkyl halides is 1. The van der Waals surface area contributed by atoms with Crippen LogP contribution < -0.4 is 0 Å². The number of aliphatic hydroxyl groups excluding tert-OH is 1. The second-order valence-corrected chi connectivity index (χ2v) is 12.7. The Balaban J connectivity index is 1.72. The van der Waals surface area contributed by atoms with Gasteiger partial charge in [-0.15, -0.1) is 23.5 Å². The zero-order valence-electron chi connectivity index (χ0n) is 18.2. The van der Waals surface area contributed by atoms with Crippen LogP contribution in [0.25, 0.3) is 0 Å². The number of thioether (sulfide) groups is 2. The number of halogens is 1. The summed E-state index contributed by atoms with van der Waals surface area (Å²) in [7, 11) is 0. The molecule has 162 valence electrons. The summed E-state index contributed by atoms with van der Waals surface area (Å²) in [6.07, 6.45) is 12.6. The standard InChI is InChI=1S/C24H35FO2S2/c1-5-6-13-29-23(28-4)12-10-18-19-8-7-16-14-17(26)9-11-21(16,2)24(19,25)20(27)15-22(18,23)3/h9,11,14,18-20,27H,5-8,10,12-13,15H2,1-4H3/t18-,19-,20-,21-,22-,23+,24-/m0/s1. The van der Waals surface area contributed by atoms with Crippen LogP contribution >= 0.6 is 23.5 Å². The Bertz CT molecular complexity index is 751. The van der Waals surface area contributed by atoms with E-state index in [0.717, 1.165) is 37.0 Å². The Hall–Kier alpha value is -0.260. The van der Waals surface area contributed by atoms with Crippen molar-refractivity contribution in [1.29, 1.82) is 0 Å². The Morgan fingerprint density at radius 3 is 2.72 bits per heavy atom. The Morgan fingerprint density at radius 2 is 2.03 bits per heavy atom.